The summed E-state index contributed by atoms with van der Waals surface area (Å²) in [6, 6.07) is 7.70. The first-order valence-electron chi connectivity index (χ1n) is 12.7. The number of hydrogen-bond acceptors (Lipinski definition) is 5. The van der Waals surface area contributed by atoms with E-state index in [-0.39, 0.29) is 30.2 Å². The number of benzene rings is 1. The predicted octanol–water partition coefficient (Wildman–Crippen LogP) is 2.71. The van der Waals surface area contributed by atoms with Gasteiger partial charge in [-0.15, -0.1) is 0 Å². The largest absolute Gasteiger partial charge is 0.394 e. The number of rotatable bonds is 7. The molecule has 35 heavy (non-hydrogen) atoms. The third-order valence-electron chi connectivity index (χ3n) is 8.00. The number of carbonyl (C=O) groups excluding carboxylic acids is 3. The number of anilines is 1. The number of aliphatic hydroxyl groups excluding tert-OH is 1. The van der Waals surface area contributed by atoms with Crippen molar-refractivity contribution in [3.8, 4) is 0 Å². The zero-order valence-electron chi connectivity index (χ0n) is 21.6. The second-order valence-corrected chi connectivity index (χ2v) is 11.7. The van der Waals surface area contributed by atoms with Crippen LogP contribution in [0.5, 0.6) is 0 Å². The van der Waals surface area contributed by atoms with E-state index >= 15 is 0 Å². The van der Waals surface area contributed by atoms with Gasteiger partial charge in [0.05, 0.1) is 30.1 Å². The van der Waals surface area contributed by atoms with E-state index in [9.17, 15) is 19.5 Å². The molecule has 4 rings (SSSR count). The quantitative estimate of drug-likeness (QED) is 0.550. The summed E-state index contributed by atoms with van der Waals surface area (Å²) < 4.78 is 6.75. The number of nitrogens with zero attached hydrogens (tertiary/aromatic N) is 1. The number of nitrogens with one attached hydrogen (secondary N) is 2. The van der Waals surface area contributed by atoms with Gasteiger partial charge in [-0.2, -0.15) is 0 Å². The lowest BCUT2D eigenvalue weighted by Gasteiger charge is -2.39. The van der Waals surface area contributed by atoms with Gasteiger partial charge in [0.2, 0.25) is 17.7 Å². The number of ether oxygens (including phenoxy) is 1. The topological polar surface area (TPSA) is 108 Å². The Labute approximate surface area is 207 Å². The molecule has 6 atom stereocenters. The molecule has 0 aliphatic carbocycles. The monoisotopic (exact) mass is 485 g/mol. The van der Waals surface area contributed by atoms with Gasteiger partial charge >= 0.3 is 0 Å². The second kappa shape index (κ2) is 8.89. The molecule has 1 aromatic carbocycles. The number of aliphatic hydroxyl groups is 1. The minimum Gasteiger partial charge on any atom is -0.394 e. The highest BCUT2D eigenvalue weighted by Crippen LogP contribution is 2.64. The molecule has 192 valence electrons. The van der Waals surface area contributed by atoms with E-state index in [0.717, 1.165) is 0 Å². The van der Waals surface area contributed by atoms with Crippen LogP contribution in [-0.4, -0.2) is 63.2 Å². The van der Waals surface area contributed by atoms with E-state index in [0.29, 0.717) is 24.9 Å². The van der Waals surface area contributed by atoms with Gasteiger partial charge < -0.3 is 25.4 Å². The van der Waals surface area contributed by atoms with Crippen LogP contribution in [0.1, 0.15) is 60.8 Å². The molecule has 8 heteroatoms. The molecular formula is C27H39N3O5. The molecule has 1 spiro atoms. The van der Waals surface area contributed by atoms with Crippen molar-refractivity contribution in [2.24, 2.45) is 17.8 Å². The van der Waals surface area contributed by atoms with Crippen molar-refractivity contribution >= 4 is 23.4 Å². The minimum absolute atomic E-state index is 0.0851. The molecule has 3 aliphatic heterocycles. The summed E-state index contributed by atoms with van der Waals surface area (Å²) in [7, 11) is 0. The average Bonchev–Trinajstić information content (AvgIpc) is 3.38. The molecule has 3 aliphatic rings. The molecule has 3 fully saturated rings. The zero-order chi connectivity index (χ0) is 25.8. The Bertz CT molecular complexity index is 990. The van der Waals surface area contributed by atoms with Crippen molar-refractivity contribution < 1.29 is 24.2 Å². The lowest BCUT2D eigenvalue weighted by molar-refractivity contribution is -0.152. The lowest BCUT2D eigenvalue weighted by Crippen LogP contribution is -2.61. The Balaban J connectivity index is 1.80. The van der Waals surface area contributed by atoms with Gasteiger partial charge in [-0.3, -0.25) is 14.4 Å². The van der Waals surface area contributed by atoms with E-state index in [1.807, 2.05) is 71.9 Å². The summed E-state index contributed by atoms with van der Waals surface area (Å²) in [5.74, 6) is -2.45. The van der Waals surface area contributed by atoms with Crippen molar-refractivity contribution in [2.75, 3.05) is 11.9 Å². The van der Waals surface area contributed by atoms with Crippen LogP contribution in [0.15, 0.2) is 30.3 Å². The molecule has 3 N–H and O–H groups in total. The Morgan fingerprint density at radius 3 is 2.37 bits per heavy atom. The van der Waals surface area contributed by atoms with Gasteiger partial charge in [0.25, 0.3) is 0 Å². The Kier molecular flexibility index (Phi) is 6.51. The summed E-state index contributed by atoms with van der Waals surface area (Å²) >= 11 is 0. The van der Waals surface area contributed by atoms with E-state index < -0.39 is 40.7 Å². The number of likely N-dealkylation sites (tertiary alicyclic amines) is 1. The smallest absolute Gasteiger partial charge is 0.246 e. The number of para-hydroxylation sites is 1. The summed E-state index contributed by atoms with van der Waals surface area (Å²) in [6.45, 7) is 11.2. The molecule has 8 nitrogen and oxygen atoms in total. The highest BCUT2D eigenvalue weighted by atomic mass is 16.5. The number of carbonyl (C=O) groups is 3. The van der Waals surface area contributed by atoms with Gasteiger partial charge in [-0.05, 0) is 58.1 Å². The maximum atomic E-state index is 14.2. The number of fused-ring (bicyclic) bond motifs is 1. The molecule has 2 unspecified atom stereocenters. The predicted molar refractivity (Wildman–Crippen MR) is 132 cm³/mol. The summed E-state index contributed by atoms with van der Waals surface area (Å²) in [4.78, 5) is 43.2. The van der Waals surface area contributed by atoms with Crippen molar-refractivity contribution in [1.82, 2.24) is 10.2 Å². The first kappa shape index (κ1) is 25.6. The first-order valence-corrected chi connectivity index (χ1v) is 12.7. The lowest BCUT2D eigenvalue weighted by atomic mass is 9.65. The zero-order valence-corrected chi connectivity index (χ0v) is 21.6. The van der Waals surface area contributed by atoms with E-state index in [2.05, 4.69) is 10.6 Å². The normalized spacial score (nSPS) is 32.6. The Morgan fingerprint density at radius 2 is 1.83 bits per heavy atom. The van der Waals surface area contributed by atoms with Crippen LogP contribution in [0, 0.1) is 17.8 Å². The summed E-state index contributed by atoms with van der Waals surface area (Å²) in [5, 5.41) is 16.3. The molecular weight excluding hydrogens is 446 g/mol. The first-order chi connectivity index (χ1) is 16.4. The fraction of sp³-hybridized carbons (Fsp3) is 0.667. The molecule has 2 bridgehead atoms. The standard InChI is InChI=1S/C27H39N3O5/c1-7-26-13-14-27(35-26)20(19(26)22(32)28-17-11-9-8-10-12-17)24(34)30(18(15-31)16(2)3)21(27)23(33)29-25(4,5)6/h8-12,16,18-21,31H,7,13-15H2,1-6H3,(H,28,32)(H,29,33)/t18-,19-,20-,21?,26+,27?/m0/s1. The third kappa shape index (κ3) is 4.04. The van der Waals surface area contributed by atoms with Crippen molar-refractivity contribution in [2.45, 2.75) is 89.6 Å². The van der Waals surface area contributed by atoms with Gasteiger partial charge in [-0.25, -0.2) is 0 Å². The van der Waals surface area contributed by atoms with Crippen LogP contribution >= 0.6 is 0 Å². The van der Waals surface area contributed by atoms with Crippen molar-refractivity contribution in [3.05, 3.63) is 30.3 Å². The molecule has 0 aromatic heterocycles. The SMILES string of the molecule is CC[C@]12CCC3(O1)C(C(=O)NC(C)(C)C)N([C@@H](CO)C(C)C)C(=O)[C@@H]3[C@H]2C(=O)Nc1ccccc1. The van der Waals surface area contributed by atoms with E-state index in [1.54, 1.807) is 0 Å². The van der Waals surface area contributed by atoms with Crippen LogP contribution in [-0.2, 0) is 19.1 Å². The van der Waals surface area contributed by atoms with Crippen LogP contribution in [0.2, 0.25) is 0 Å². The van der Waals surface area contributed by atoms with Gasteiger partial charge in [-0.1, -0.05) is 39.0 Å². The molecule has 1 aromatic rings. The Morgan fingerprint density at radius 1 is 1.17 bits per heavy atom. The van der Waals surface area contributed by atoms with Gasteiger partial charge in [0, 0.05) is 11.2 Å². The number of amides is 3. The fourth-order valence-corrected chi connectivity index (χ4v) is 6.51. The molecule has 3 amide bonds. The highest BCUT2D eigenvalue weighted by Gasteiger charge is 2.79. The second-order valence-electron chi connectivity index (χ2n) is 11.7. The summed E-state index contributed by atoms with van der Waals surface area (Å²) in [5.41, 5.74) is -1.78. The maximum Gasteiger partial charge on any atom is 0.246 e. The molecule has 3 heterocycles. The van der Waals surface area contributed by atoms with E-state index in [4.69, 9.17) is 4.74 Å². The van der Waals surface area contributed by atoms with Crippen LogP contribution in [0.3, 0.4) is 0 Å². The van der Waals surface area contributed by atoms with Crippen molar-refractivity contribution in [1.29, 1.82) is 0 Å². The average molecular weight is 486 g/mol. The van der Waals surface area contributed by atoms with Crippen LogP contribution < -0.4 is 10.6 Å². The molecule has 0 saturated carbocycles. The maximum absolute atomic E-state index is 14.2. The summed E-state index contributed by atoms with van der Waals surface area (Å²) in [6.07, 6.45) is 1.67. The Hall–Kier alpha value is -2.45. The molecule has 0 radical (unpaired) electrons. The van der Waals surface area contributed by atoms with Crippen LogP contribution in [0.4, 0.5) is 5.69 Å². The van der Waals surface area contributed by atoms with Gasteiger partial charge in [0.15, 0.2) is 0 Å². The van der Waals surface area contributed by atoms with Crippen LogP contribution in [0.25, 0.3) is 0 Å². The minimum atomic E-state index is -1.11. The van der Waals surface area contributed by atoms with E-state index in [1.165, 1.54) is 4.90 Å². The third-order valence-corrected chi connectivity index (χ3v) is 8.00. The highest BCUT2D eigenvalue weighted by molar-refractivity contribution is 6.02. The van der Waals surface area contributed by atoms with Gasteiger partial charge in [0.1, 0.15) is 11.6 Å². The fourth-order valence-electron chi connectivity index (χ4n) is 6.51. The number of hydrogen-bond donors (Lipinski definition) is 3. The molecule has 3 saturated heterocycles. The van der Waals surface area contributed by atoms with Crippen molar-refractivity contribution in [3.63, 3.8) is 0 Å².